The van der Waals surface area contributed by atoms with Gasteiger partial charge in [-0.3, -0.25) is 4.79 Å². The summed E-state index contributed by atoms with van der Waals surface area (Å²) >= 11 is 1.52. The summed E-state index contributed by atoms with van der Waals surface area (Å²) < 4.78 is 0. The Bertz CT molecular complexity index is 304. The summed E-state index contributed by atoms with van der Waals surface area (Å²) in [5, 5.41) is 4.93. The number of carbonyl (C=O) groups is 1. The zero-order chi connectivity index (χ0) is 10.6. The molecule has 0 fully saturated rings. The second-order valence-electron chi connectivity index (χ2n) is 3.65. The van der Waals surface area contributed by atoms with Crippen LogP contribution in [0.5, 0.6) is 0 Å². The van der Waals surface area contributed by atoms with Gasteiger partial charge in [-0.2, -0.15) is 0 Å². The van der Waals surface area contributed by atoms with Crippen LogP contribution in [-0.2, 0) is 0 Å². The lowest BCUT2D eigenvalue weighted by molar-refractivity contribution is 0.0957. The first-order valence-electron chi connectivity index (χ1n) is 5.01. The van der Waals surface area contributed by atoms with Crippen molar-refractivity contribution < 1.29 is 4.79 Å². The minimum Gasteiger partial charge on any atom is -0.351 e. The second-order valence-corrected chi connectivity index (χ2v) is 4.57. The number of hydrogen-bond acceptors (Lipinski definition) is 2. The molecule has 1 N–H and O–H groups in total. The summed E-state index contributed by atoms with van der Waals surface area (Å²) in [4.78, 5) is 12.4. The number of carbonyl (C=O) groups excluding carboxylic acids is 1. The quantitative estimate of drug-likeness (QED) is 0.815. The van der Waals surface area contributed by atoms with E-state index < -0.39 is 0 Å². The van der Waals surface area contributed by atoms with E-state index in [9.17, 15) is 4.79 Å². The summed E-state index contributed by atoms with van der Waals surface area (Å²) in [7, 11) is 0. The average molecular weight is 211 g/mol. The Morgan fingerprint density at radius 3 is 2.79 bits per heavy atom. The molecule has 0 bridgehead atoms. The van der Waals surface area contributed by atoms with Gasteiger partial charge < -0.3 is 5.32 Å². The van der Waals surface area contributed by atoms with Crippen LogP contribution in [0.3, 0.4) is 0 Å². The van der Waals surface area contributed by atoms with E-state index in [-0.39, 0.29) is 5.91 Å². The molecule has 0 saturated carbocycles. The molecule has 0 aliphatic rings. The van der Waals surface area contributed by atoms with Crippen molar-refractivity contribution in [3.05, 3.63) is 21.9 Å². The molecule has 0 radical (unpaired) electrons. The Labute approximate surface area is 89.3 Å². The van der Waals surface area contributed by atoms with Crippen molar-refractivity contribution >= 4 is 17.2 Å². The first-order chi connectivity index (χ1) is 6.65. The highest BCUT2D eigenvalue weighted by molar-refractivity contribution is 7.12. The topological polar surface area (TPSA) is 29.1 Å². The lowest BCUT2D eigenvalue weighted by atomic mass is 10.1. The number of nitrogens with one attached hydrogen (secondary N) is 1. The fourth-order valence-corrected chi connectivity index (χ4v) is 2.08. The lowest BCUT2D eigenvalue weighted by Crippen LogP contribution is -2.22. The zero-order valence-electron chi connectivity index (χ0n) is 8.96. The van der Waals surface area contributed by atoms with E-state index in [0.717, 1.165) is 17.8 Å². The number of rotatable bonds is 4. The molecule has 1 rings (SSSR count). The first-order valence-corrected chi connectivity index (χ1v) is 5.89. The van der Waals surface area contributed by atoms with Crippen molar-refractivity contribution in [1.82, 2.24) is 5.32 Å². The van der Waals surface area contributed by atoms with Crippen LogP contribution in [0.1, 0.15) is 48.3 Å². The van der Waals surface area contributed by atoms with Crippen LogP contribution in [-0.4, -0.2) is 12.5 Å². The smallest absolute Gasteiger partial charge is 0.261 e. The molecule has 0 spiro atoms. The van der Waals surface area contributed by atoms with Crippen molar-refractivity contribution in [2.24, 2.45) is 0 Å². The van der Waals surface area contributed by atoms with Crippen LogP contribution in [0.25, 0.3) is 0 Å². The van der Waals surface area contributed by atoms with Gasteiger partial charge in [-0.1, -0.05) is 20.8 Å². The summed E-state index contributed by atoms with van der Waals surface area (Å²) in [5.41, 5.74) is 1.25. The Balaban J connectivity index is 2.62. The third-order valence-corrected chi connectivity index (χ3v) is 2.99. The second kappa shape index (κ2) is 5.15. The fraction of sp³-hybridized carbons (Fsp3) is 0.545. The van der Waals surface area contributed by atoms with Gasteiger partial charge in [0.25, 0.3) is 5.91 Å². The average Bonchev–Trinajstić information content (AvgIpc) is 2.62. The predicted octanol–water partition coefficient (Wildman–Crippen LogP) is 3.01. The molecule has 0 unspecified atom stereocenters. The molecule has 2 nitrogen and oxygen atoms in total. The highest BCUT2D eigenvalue weighted by atomic mass is 32.1. The first kappa shape index (κ1) is 11.2. The standard InChI is InChI=1S/C11H17NOS/c1-4-5-12-11(13)10-6-9(7-14-10)8(2)3/h6-8H,4-5H2,1-3H3,(H,12,13). The Morgan fingerprint density at radius 1 is 1.57 bits per heavy atom. The fourth-order valence-electron chi connectivity index (χ4n) is 1.10. The predicted molar refractivity (Wildman–Crippen MR) is 61.0 cm³/mol. The number of thiophene rings is 1. The highest BCUT2D eigenvalue weighted by Gasteiger charge is 2.09. The van der Waals surface area contributed by atoms with Crippen molar-refractivity contribution in [3.8, 4) is 0 Å². The van der Waals surface area contributed by atoms with E-state index in [1.165, 1.54) is 16.9 Å². The van der Waals surface area contributed by atoms with Gasteiger partial charge in [0.15, 0.2) is 0 Å². The van der Waals surface area contributed by atoms with Crippen molar-refractivity contribution in [2.45, 2.75) is 33.1 Å². The van der Waals surface area contributed by atoms with Crippen LogP contribution in [0, 0.1) is 0 Å². The molecule has 1 heterocycles. The minimum atomic E-state index is 0.0590. The van der Waals surface area contributed by atoms with E-state index in [1.807, 2.05) is 13.0 Å². The molecule has 1 aromatic rings. The van der Waals surface area contributed by atoms with E-state index in [2.05, 4.69) is 24.5 Å². The molecule has 0 atom stereocenters. The summed E-state index contributed by atoms with van der Waals surface area (Å²) in [5.74, 6) is 0.558. The van der Waals surface area contributed by atoms with Crippen LogP contribution < -0.4 is 5.32 Å². The van der Waals surface area contributed by atoms with Gasteiger partial charge in [0.05, 0.1) is 4.88 Å². The van der Waals surface area contributed by atoms with Crippen molar-refractivity contribution in [1.29, 1.82) is 0 Å². The van der Waals surface area contributed by atoms with Crippen LogP contribution in [0.4, 0.5) is 0 Å². The van der Waals surface area contributed by atoms with Crippen LogP contribution in [0.15, 0.2) is 11.4 Å². The number of amides is 1. The van der Waals surface area contributed by atoms with E-state index in [1.54, 1.807) is 0 Å². The molecule has 14 heavy (non-hydrogen) atoms. The lowest BCUT2D eigenvalue weighted by Gasteiger charge is -2.00. The maximum absolute atomic E-state index is 11.5. The molecular weight excluding hydrogens is 194 g/mol. The summed E-state index contributed by atoms with van der Waals surface area (Å²) in [6.45, 7) is 7.08. The molecule has 3 heteroatoms. The van der Waals surface area contributed by atoms with Gasteiger partial charge in [0.1, 0.15) is 0 Å². The maximum atomic E-state index is 11.5. The van der Waals surface area contributed by atoms with E-state index >= 15 is 0 Å². The largest absolute Gasteiger partial charge is 0.351 e. The van der Waals surface area contributed by atoms with Gasteiger partial charge in [0, 0.05) is 6.54 Å². The van der Waals surface area contributed by atoms with Crippen molar-refractivity contribution in [2.75, 3.05) is 6.54 Å². The highest BCUT2D eigenvalue weighted by Crippen LogP contribution is 2.21. The SMILES string of the molecule is CCCNC(=O)c1cc(C(C)C)cs1. The normalized spacial score (nSPS) is 10.6. The zero-order valence-corrected chi connectivity index (χ0v) is 9.78. The van der Waals surface area contributed by atoms with Gasteiger partial charge >= 0.3 is 0 Å². The molecule has 0 aliphatic carbocycles. The third kappa shape index (κ3) is 2.84. The van der Waals surface area contributed by atoms with Crippen LogP contribution in [0.2, 0.25) is 0 Å². The minimum absolute atomic E-state index is 0.0590. The Hall–Kier alpha value is -0.830. The Morgan fingerprint density at radius 2 is 2.29 bits per heavy atom. The van der Waals surface area contributed by atoms with Gasteiger partial charge in [0.2, 0.25) is 0 Å². The molecule has 1 aromatic heterocycles. The monoisotopic (exact) mass is 211 g/mol. The molecule has 78 valence electrons. The Kier molecular flexibility index (Phi) is 4.14. The van der Waals surface area contributed by atoms with Crippen molar-refractivity contribution in [3.63, 3.8) is 0 Å². The van der Waals surface area contributed by atoms with E-state index in [0.29, 0.717) is 5.92 Å². The molecule has 0 aliphatic heterocycles. The molecular formula is C11H17NOS. The molecule has 0 saturated heterocycles. The third-order valence-electron chi connectivity index (χ3n) is 2.05. The summed E-state index contributed by atoms with van der Waals surface area (Å²) in [6.07, 6.45) is 0.980. The van der Waals surface area contributed by atoms with E-state index in [4.69, 9.17) is 0 Å². The van der Waals surface area contributed by atoms with Crippen LogP contribution >= 0.6 is 11.3 Å². The number of hydrogen-bond donors (Lipinski definition) is 1. The van der Waals surface area contributed by atoms with Gasteiger partial charge in [-0.15, -0.1) is 11.3 Å². The van der Waals surface area contributed by atoms with Gasteiger partial charge in [-0.05, 0) is 29.3 Å². The molecule has 1 amide bonds. The molecule has 0 aromatic carbocycles. The maximum Gasteiger partial charge on any atom is 0.261 e. The van der Waals surface area contributed by atoms with Gasteiger partial charge in [-0.25, -0.2) is 0 Å². The summed E-state index contributed by atoms with van der Waals surface area (Å²) in [6, 6.07) is 1.99.